The van der Waals surface area contributed by atoms with Gasteiger partial charge in [0, 0.05) is 23.5 Å². The molecule has 1 aliphatic heterocycles. The zero-order chi connectivity index (χ0) is 15.5. The molecule has 1 amide bonds. The molecule has 5 heteroatoms. The Balaban J connectivity index is 1.59. The lowest BCUT2D eigenvalue weighted by molar-refractivity contribution is -0.134. The fourth-order valence-corrected chi connectivity index (χ4v) is 3.39. The minimum atomic E-state index is -0.0231. The average molecular weight is 315 g/mol. The maximum Gasteiger partial charge on any atom is 0.260 e. The summed E-state index contributed by atoms with van der Waals surface area (Å²) < 4.78 is 5.54. The molecule has 2 heterocycles. The first-order valence-corrected chi connectivity index (χ1v) is 8.08. The molecule has 22 heavy (non-hydrogen) atoms. The van der Waals surface area contributed by atoms with Gasteiger partial charge in [0.1, 0.15) is 5.75 Å². The van der Waals surface area contributed by atoms with Crippen LogP contribution >= 0.6 is 11.3 Å². The molecule has 0 atom stereocenters. The van der Waals surface area contributed by atoms with Crippen LogP contribution in [0.4, 0.5) is 0 Å². The molecule has 3 rings (SSSR count). The van der Waals surface area contributed by atoms with E-state index in [2.05, 4.69) is 11.4 Å². The van der Waals surface area contributed by atoms with E-state index in [0.29, 0.717) is 17.9 Å². The first-order chi connectivity index (χ1) is 10.6. The number of fused-ring (bicyclic) bond motifs is 1. The van der Waals surface area contributed by atoms with E-state index in [0.717, 1.165) is 13.0 Å². The molecule has 0 fully saturated rings. The number of ketones is 1. The highest BCUT2D eigenvalue weighted by Gasteiger charge is 2.21. The summed E-state index contributed by atoms with van der Waals surface area (Å²) in [6.07, 6.45) is 0.915. The number of amides is 1. The summed E-state index contributed by atoms with van der Waals surface area (Å²) >= 11 is 1.75. The summed E-state index contributed by atoms with van der Waals surface area (Å²) in [6, 6.07) is 9.00. The van der Waals surface area contributed by atoms with E-state index >= 15 is 0 Å². The predicted octanol–water partition coefficient (Wildman–Crippen LogP) is 2.91. The van der Waals surface area contributed by atoms with E-state index in [4.69, 9.17) is 4.74 Å². The molecule has 0 unspecified atom stereocenters. The largest absolute Gasteiger partial charge is 0.484 e. The van der Waals surface area contributed by atoms with Crippen LogP contribution in [0.2, 0.25) is 0 Å². The van der Waals surface area contributed by atoms with Gasteiger partial charge in [-0.1, -0.05) is 12.1 Å². The maximum absolute atomic E-state index is 12.3. The van der Waals surface area contributed by atoms with E-state index in [1.165, 1.54) is 17.4 Å². The quantitative estimate of drug-likeness (QED) is 0.815. The number of ether oxygens (including phenoxy) is 1. The zero-order valence-electron chi connectivity index (χ0n) is 12.4. The molecule has 1 aliphatic rings. The van der Waals surface area contributed by atoms with Crippen molar-refractivity contribution in [3.63, 3.8) is 0 Å². The molecule has 4 nitrogen and oxygen atoms in total. The van der Waals surface area contributed by atoms with Crippen molar-refractivity contribution in [1.82, 2.24) is 4.90 Å². The van der Waals surface area contributed by atoms with Crippen LogP contribution in [0.5, 0.6) is 5.75 Å². The van der Waals surface area contributed by atoms with E-state index in [1.807, 2.05) is 4.90 Å². The molecular weight excluding hydrogens is 298 g/mol. The Labute approximate surface area is 133 Å². The Bertz CT molecular complexity index is 707. The summed E-state index contributed by atoms with van der Waals surface area (Å²) in [5, 5.41) is 2.07. The van der Waals surface area contributed by atoms with Crippen molar-refractivity contribution in [2.24, 2.45) is 0 Å². The third-order valence-corrected chi connectivity index (χ3v) is 4.79. The third-order valence-electron chi connectivity index (χ3n) is 3.76. The van der Waals surface area contributed by atoms with Crippen LogP contribution in [-0.2, 0) is 17.8 Å². The normalized spacial score (nSPS) is 13.6. The van der Waals surface area contributed by atoms with Crippen molar-refractivity contribution in [2.75, 3.05) is 13.2 Å². The molecular formula is C17H17NO3S. The number of carbonyl (C=O) groups excluding carboxylic acids is 2. The van der Waals surface area contributed by atoms with Crippen molar-refractivity contribution >= 4 is 23.0 Å². The smallest absolute Gasteiger partial charge is 0.260 e. The Morgan fingerprint density at radius 3 is 3.00 bits per heavy atom. The van der Waals surface area contributed by atoms with Gasteiger partial charge in [-0.05, 0) is 42.5 Å². The van der Waals surface area contributed by atoms with Crippen molar-refractivity contribution < 1.29 is 14.3 Å². The number of benzene rings is 1. The first-order valence-electron chi connectivity index (χ1n) is 7.20. The number of hydrogen-bond acceptors (Lipinski definition) is 4. The summed E-state index contributed by atoms with van der Waals surface area (Å²) in [4.78, 5) is 26.8. The molecule has 1 aromatic heterocycles. The monoisotopic (exact) mass is 315 g/mol. The number of thiophene rings is 1. The van der Waals surface area contributed by atoms with Crippen LogP contribution in [0, 0.1) is 0 Å². The number of nitrogens with zero attached hydrogens (tertiary/aromatic N) is 1. The van der Waals surface area contributed by atoms with Gasteiger partial charge >= 0.3 is 0 Å². The van der Waals surface area contributed by atoms with Crippen LogP contribution < -0.4 is 4.74 Å². The minimum absolute atomic E-state index is 0.000822. The number of hydrogen-bond donors (Lipinski definition) is 0. The number of rotatable bonds is 4. The fraction of sp³-hybridized carbons (Fsp3) is 0.294. The van der Waals surface area contributed by atoms with E-state index in [1.54, 1.807) is 35.6 Å². The van der Waals surface area contributed by atoms with Crippen molar-refractivity contribution in [1.29, 1.82) is 0 Å². The molecule has 0 N–H and O–H groups in total. The molecule has 0 saturated carbocycles. The first kappa shape index (κ1) is 14.8. The van der Waals surface area contributed by atoms with E-state index in [-0.39, 0.29) is 18.3 Å². The van der Waals surface area contributed by atoms with Gasteiger partial charge < -0.3 is 9.64 Å². The lowest BCUT2D eigenvalue weighted by Crippen LogP contribution is -2.38. The average Bonchev–Trinajstić information content (AvgIpc) is 3.00. The molecule has 0 aliphatic carbocycles. The third kappa shape index (κ3) is 3.20. The van der Waals surface area contributed by atoms with Gasteiger partial charge in [0.15, 0.2) is 12.4 Å². The van der Waals surface area contributed by atoms with Crippen LogP contribution in [0.15, 0.2) is 35.7 Å². The van der Waals surface area contributed by atoms with Gasteiger partial charge in [-0.25, -0.2) is 0 Å². The minimum Gasteiger partial charge on any atom is -0.484 e. The maximum atomic E-state index is 12.3. The Hall–Kier alpha value is -2.14. The number of carbonyl (C=O) groups is 2. The molecule has 2 aromatic rings. The van der Waals surface area contributed by atoms with Crippen molar-refractivity contribution in [3.8, 4) is 5.75 Å². The Morgan fingerprint density at radius 2 is 2.18 bits per heavy atom. The second-order valence-corrected chi connectivity index (χ2v) is 6.31. The summed E-state index contributed by atoms with van der Waals surface area (Å²) in [7, 11) is 0. The van der Waals surface area contributed by atoms with Crippen LogP contribution in [-0.4, -0.2) is 29.7 Å². The van der Waals surface area contributed by atoms with Gasteiger partial charge in [0.2, 0.25) is 0 Å². The molecule has 0 saturated heterocycles. The van der Waals surface area contributed by atoms with E-state index in [9.17, 15) is 9.59 Å². The molecule has 1 aromatic carbocycles. The van der Waals surface area contributed by atoms with Gasteiger partial charge in [0.25, 0.3) is 5.91 Å². The second kappa shape index (κ2) is 6.32. The lowest BCUT2D eigenvalue weighted by atomic mass is 10.1. The van der Waals surface area contributed by atoms with Crippen molar-refractivity contribution in [3.05, 3.63) is 51.7 Å². The summed E-state index contributed by atoms with van der Waals surface area (Å²) in [5.41, 5.74) is 1.83. The Kier molecular flexibility index (Phi) is 4.24. The summed E-state index contributed by atoms with van der Waals surface area (Å²) in [6.45, 7) is 2.91. The second-order valence-electron chi connectivity index (χ2n) is 5.31. The van der Waals surface area contributed by atoms with Gasteiger partial charge in [-0.3, -0.25) is 9.59 Å². The van der Waals surface area contributed by atoms with Crippen LogP contribution in [0.3, 0.4) is 0 Å². The highest BCUT2D eigenvalue weighted by molar-refractivity contribution is 7.10. The fourth-order valence-electron chi connectivity index (χ4n) is 2.50. The highest BCUT2D eigenvalue weighted by atomic mass is 32.1. The topological polar surface area (TPSA) is 46.6 Å². The number of Topliss-reactive ketones (excluding diaryl/α,β-unsaturated/α-hetero) is 1. The lowest BCUT2D eigenvalue weighted by Gasteiger charge is -2.27. The zero-order valence-corrected chi connectivity index (χ0v) is 13.2. The van der Waals surface area contributed by atoms with Crippen LogP contribution in [0.25, 0.3) is 0 Å². The standard InChI is InChI=1S/C17H17NO3S/c1-12(19)13-3-2-4-15(9-13)21-11-17(20)18-7-5-16-14(10-18)6-8-22-16/h2-4,6,8-9H,5,7,10-11H2,1H3. The molecule has 0 spiro atoms. The van der Waals surface area contributed by atoms with Gasteiger partial charge in [-0.15, -0.1) is 11.3 Å². The SMILES string of the molecule is CC(=O)c1cccc(OCC(=O)N2CCc3sccc3C2)c1. The molecule has 0 radical (unpaired) electrons. The van der Waals surface area contributed by atoms with Gasteiger partial charge in [-0.2, -0.15) is 0 Å². The predicted molar refractivity (Wildman–Crippen MR) is 85.4 cm³/mol. The van der Waals surface area contributed by atoms with E-state index < -0.39 is 0 Å². The molecule has 114 valence electrons. The Morgan fingerprint density at radius 1 is 1.32 bits per heavy atom. The molecule has 0 bridgehead atoms. The van der Waals surface area contributed by atoms with Gasteiger partial charge in [0.05, 0.1) is 0 Å². The summed E-state index contributed by atoms with van der Waals surface area (Å²) in [5.74, 6) is 0.511. The van der Waals surface area contributed by atoms with Crippen molar-refractivity contribution in [2.45, 2.75) is 19.9 Å². The van der Waals surface area contributed by atoms with Crippen LogP contribution in [0.1, 0.15) is 27.7 Å². The highest BCUT2D eigenvalue weighted by Crippen LogP contribution is 2.24.